The van der Waals surface area contributed by atoms with Gasteiger partial charge in [0.05, 0.1) is 0 Å². The Kier molecular flexibility index (Phi) is 4.22. The molecular formula is C13H24N2O. The minimum atomic E-state index is 0.340. The van der Waals surface area contributed by atoms with Crippen molar-refractivity contribution in [1.29, 1.82) is 0 Å². The Hall–Kier alpha value is -0.570. The highest BCUT2D eigenvalue weighted by Crippen LogP contribution is 2.26. The number of piperidine rings is 1. The van der Waals surface area contributed by atoms with Crippen molar-refractivity contribution in [3.05, 3.63) is 0 Å². The second kappa shape index (κ2) is 5.67. The summed E-state index contributed by atoms with van der Waals surface area (Å²) in [6.07, 6.45) is 7.19. The van der Waals surface area contributed by atoms with E-state index in [-0.39, 0.29) is 0 Å². The number of nitrogens with zero attached hydrogens (tertiary/aromatic N) is 1. The minimum Gasteiger partial charge on any atom is -0.345 e. The van der Waals surface area contributed by atoms with E-state index in [4.69, 9.17) is 0 Å². The zero-order valence-electron chi connectivity index (χ0n) is 10.4. The predicted molar refractivity (Wildman–Crippen MR) is 65.2 cm³/mol. The molecule has 2 fully saturated rings. The highest BCUT2D eigenvalue weighted by Gasteiger charge is 2.26. The van der Waals surface area contributed by atoms with E-state index in [0.29, 0.717) is 11.8 Å². The van der Waals surface area contributed by atoms with Crippen LogP contribution in [0.4, 0.5) is 0 Å². The zero-order chi connectivity index (χ0) is 11.4. The maximum absolute atomic E-state index is 12.1. The average Bonchev–Trinajstić information content (AvgIpc) is 2.83. The summed E-state index contributed by atoms with van der Waals surface area (Å²) in [6.45, 7) is 3.21. The van der Waals surface area contributed by atoms with Crippen LogP contribution in [0.15, 0.2) is 0 Å². The van der Waals surface area contributed by atoms with Crippen LogP contribution in [0, 0.1) is 11.8 Å². The van der Waals surface area contributed by atoms with Crippen molar-refractivity contribution in [3.8, 4) is 0 Å². The number of carbonyl (C=O) groups excluding carboxylic acids is 1. The summed E-state index contributed by atoms with van der Waals surface area (Å²) < 4.78 is 0. The Morgan fingerprint density at radius 3 is 2.44 bits per heavy atom. The lowest BCUT2D eigenvalue weighted by atomic mass is 9.97. The zero-order valence-corrected chi connectivity index (χ0v) is 10.4. The Bertz CT molecular complexity index is 230. The second-order valence-electron chi connectivity index (χ2n) is 5.39. The van der Waals surface area contributed by atoms with Gasteiger partial charge in [0.15, 0.2) is 0 Å². The van der Waals surface area contributed by atoms with Crippen LogP contribution in [-0.2, 0) is 4.79 Å². The molecule has 1 aliphatic heterocycles. The average molecular weight is 224 g/mol. The molecule has 0 bridgehead atoms. The summed E-state index contributed by atoms with van der Waals surface area (Å²) in [5.41, 5.74) is 0. The molecular weight excluding hydrogens is 200 g/mol. The third-order valence-corrected chi connectivity index (χ3v) is 4.07. The Morgan fingerprint density at radius 2 is 1.81 bits per heavy atom. The SMILES string of the molecule is CN(CC1CCNCC1)C(=O)C1CCCC1. The monoisotopic (exact) mass is 224 g/mol. The minimum absolute atomic E-state index is 0.340. The van der Waals surface area contributed by atoms with Gasteiger partial charge in [0, 0.05) is 19.5 Å². The lowest BCUT2D eigenvalue weighted by Crippen LogP contribution is -2.39. The van der Waals surface area contributed by atoms with Crippen molar-refractivity contribution in [2.24, 2.45) is 11.8 Å². The molecule has 2 aliphatic rings. The van der Waals surface area contributed by atoms with Gasteiger partial charge in [-0.15, -0.1) is 0 Å². The van der Waals surface area contributed by atoms with Crippen LogP contribution in [0.25, 0.3) is 0 Å². The quantitative estimate of drug-likeness (QED) is 0.790. The number of amides is 1. The molecule has 1 heterocycles. The van der Waals surface area contributed by atoms with Crippen LogP contribution < -0.4 is 5.32 Å². The smallest absolute Gasteiger partial charge is 0.225 e. The van der Waals surface area contributed by atoms with Gasteiger partial charge in [-0.05, 0) is 44.7 Å². The van der Waals surface area contributed by atoms with Crippen molar-refractivity contribution in [2.75, 3.05) is 26.7 Å². The third-order valence-electron chi connectivity index (χ3n) is 4.07. The third kappa shape index (κ3) is 2.97. The molecule has 3 nitrogen and oxygen atoms in total. The summed E-state index contributed by atoms with van der Waals surface area (Å²) >= 11 is 0. The Morgan fingerprint density at radius 1 is 1.19 bits per heavy atom. The van der Waals surface area contributed by atoms with Gasteiger partial charge in [0.1, 0.15) is 0 Å². The number of rotatable bonds is 3. The molecule has 92 valence electrons. The van der Waals surface area contributed by atoms with E-state index in [0.717, 1.165) is 38.4 Å². The van der Waals surface area contributed by atoms with Crippen LogP contribution in [0.1, 0.15) is 38.5 Å². The fraction of sp³-hybridized carbons (Fsp3) is 0.923. The van der Waals surface area contributed by atoms with Gasteiger partial charge in [-0.2, -0.15) is 0 Å². The molecule has 1 saturated heterocycles. The van der Waals surface area contributed by atoms with Gasteiger partial charge in [-0.1, -0.05) is 12.8 Å². The summed E-state index contributed by atoms with van der Waals surface area (Å²) in [7, 11) is 1.99. The molecule has 3 heteroatoms. The van der Waals surface area contributed by atoms with E-state index in [2.05, 4.69) is 5.32 Å². The topological polar surface area (TPSA) is 32.3 Å². The first-order valence-electron chi connectivity index (χ1n) is 6.73. The Labute approximate surface area is 98.6 Å². The summed E-state index contributed by atoms with van der Waals surface area (Å²) in [5, 5.41) is 3.37. The first-order chi connectivity index (χ1) is 7.77. The van der Waals surface area contributed by atoms with Crippen LogP contribution in [-0.4, -0.2) is 37.5 Å². The standard InChI is InChI=1S/C13H24N2O/c1-15(10-11-6-8-14-9-7-11)13(16)12-4-2-3-5-12/h11-12,14H,2-10H2,1H3. The van der Waals surface area contributed by atoms with E-state index in [1.807, 2.05) is 11.9 Å². The van der Waals surface area contributed by atoms with Crippen molar-refractivity contribution in [3.63, 3.8) is 0 Å². The van der Waals surface area contributed by atoms with E-state index in [1.165, 1.54) is 25.7 Å². The van der Waals surface area contributed by atoms with E-state index in [1.54, 1.807) is 0 Å². The van der Waals surface area contributed by atoms with Gasteiger partial charge >= 0.3 is 0 Å². The number of hydrogen-bond acceptors (Lipinski definition) is 2. The second-order valence-corrected chi connectivity index (χ2v) is 5.39. The fourth-order valence-corrected chi connectivity index (χ4v) is 3.03. The maximum atomic E-state index is 12.1. The van der Waals surface area contributed by atoms with E-state index in [9.17, 15) is 4.79 Å². The van der Waals surface area contributed by atoms with Gasteiger partial charge in [-0.25, -0.2) is 0 Å². The Balaban J connectivity index is 1.77. The van der Waals surface area contributed by atoms with Gasteiger partial charge in [0.25, 0.3) is 0 Å². The van der Waals surface area contributed by atoms with Gasteiger partial charge in [0.2, 0.25) is 5.91 Å². The van der Waals surface area contributed by atoms with E-state index >= 15 is 0 Å². The van der Waals surface area contributed by atoms with Crippen molar-refractivity contribution >= 4 is 5.91 Å². The molecule has 16 heavy (non-hydrogen) atoms. The largest absolute Gasteiger partial charge is 0.345 e. The molecule has 1 amide bonds. The van der Waals surface area contributed by atoms with Crippen LogP contribution in [0.3, 0.4) is 0 Å². The molecule has 0 atom stereocenters. The van der Waals surface area contributed by atoms with E-state index < -0.39 is 0 Å². The normalized spacial score (nSPS) is 23.6. The maximum Gasteiger partial charge on any atom is 0.225 e. The van der Waals surface area contributed by atoms with Crippen LogP contribution in [0.5, 0.6) is 0 Å². The predicted octanol–water partition coefficient (Wildman–Crippen LogP) is 1.63. The molecule has 2 rings (SSSR count). The first-order valence-corrected chi connectivity index (χ1v) is 6.73. The number of hydrogen-bond donors (Lipinski definition) is 1. The molecule has 0 radical (unpaired) electrons. The molecule has 0 aromatic carbocycles. The fourth-order valence-electron chi connectivity index (χ4n) is 3.03. The first kappa shape index (κ1) is 11.9. The molecule has 0 unspecified atom stereocenters. The number of carbonyl (C=O) groups is 1. The van der Waals surface area contributed by atoms with Crippen LogP contribution >= 0.6 is 0 Å². The molecule has 0 aromatic heterocycles. The molecule has 1 N–H and O–H groups in total. The number of nitrogens with one attached hydrogen (secondary N) is 1. The van der Waals surface area contributed by atoms with Crippen molar-refractivity contribution in [1.82, 2.24) is 10.2 Å². The van der Waals surface area contributed by atoms with Crippen LogP contribution in [0.2, 0.25) is 0 Å². The molecule has 1 saturated carbocycles. The van der Waals surface area contributed by atoms with Crippen molar-refractivity contribution < 1.29 is 4.79 Å². The summed E-state index contributed by atoms with van der Waals surface area (Å²) in [4.78, 5) is 14.1. The summed E-state index contributed by atoms with van der Waals surface area (Å²) in [5.74, 6) is 1.46. The van der Waals surface area contributed by atoms with Gasteiger partial charge < -0.3 is 10.2 Å². The molecule has 0 aromatic rings. The molecule has 0 spiro atoms. The van der Waals surface area contributed by atoms with Crippen molar-refractivity contribution in [2.45, 2.75) is 38.5 Å². The molecule has 1 aliphatic carbocycles. The lowest BCUT2D eigenvalue weighted by Gasteiger charge is -2.29. The highest BCUT2D eigenvalue weighted by atomic mass is 16.2. The highest BCUT2D eigenvalue weighted by molar-refractivity contribution is 5.78. The van der Waals surface area contributed by atoms with Gasteiger partial charge in [-0.3, -0.25) is 4.79 Å². The lowest BCUT2D eigenvalue weighted by molar-refractivity contribution is -0.134. The summed E-state index contributed by atoms with van der Waals surface area (Å²) in [6, 6.07) is 0.